The number of hydrazine groups is 1. The highest BCUT2D eigenvalue weighted by Gasteiger charge is 2.37. The molecule has 7 nitrogen and oxygen atoms in total. The lowest BCUT2D eigenvalue weighted by molar-refractivity contribution is 0.182. The summed E-state index contributed by atoms with van der Waals surface area (Å²) in [6, 6.07) is 12.2. The van der Waals surface area contributed by atoms with Gasteiger partial charge in [-0.1, -0.05) is 18.2 Å². The first kappa shape index (κ1) is 18.9. The summed E-state index contributed by atoms with van der Waals surface area (Å²) in [4.78, 5) is 2.29. The molecule has 1 atom stereocenters. The first-order chi connectivity index (χ1) is 12.3. The first-order valence-corrected chi connectivity index (χ1v) is 10.9. The fourth-order valence-electron chi connectivity index (χ4n) is 2.65. The van der Waals surface area contributed by atoms with Gasteiger partial charge in [0.1, 0.15) is 11.2 Å². The number of piperazine rings is 1. The topological polar surface area (TPSA) is 95.6 Å². The lowest BCUT2D eigenvalue weighted by atomic mass is 10.4. The maximum Gasteiger partial charge on any atom is 0.253 e. The van der Waals surface area contributed by atoms with Crippen LogP contribution in [-0.4, -0.2) is 46.9 Å². The Morgan fingerprint density at radius 1 is 0.962 bits per heavy atom. The molecular weight excluding hydrogens is 381 g/mol. The Morgan fingerprint density at radius 2 is 1.62 bits per heavy atom. The van der Waals surface area contributed by atoms with Crippen LogP contribution in [0.25, 0.3) is 0 Å². The van der Waals surface area contributed by atoms with E-state index >= 15 is 0 Å². The van der Waals surface area contributed by atoms with Crippen LogP contribution in [0.15, 0.2) is 64.4 Å². The molecule has 2 aromatic rings. The van der Waals surface area contributed by atoms with Crippen molar-refractivity contribution in [2.75, 3.05) is 19.6 Å². The molecule has 1 saturated heterocycles. The van der Waals surface area contributed by atoms with Gasteiger partial charge >= 0.3 is 0 Å². The molecule has 26 heavy (non-hydrogen) atoms. The number of halogens is 1. The minimum atomic E-state index is -4.04. The smallest absolute Gasteiger partial charge is 0.253 e. The van der Waals surface area contributed by atoms with Gasteiger partial charge in [0.25, 0.3) is 10.0 Å². The van der Waals surface area contributed by atoms with E-state index in [2.05, 4.69) is 10.1 Å². The van der Waals surface area contributed by atoms with Crippen molar-refractivity contribution in [3.05, 3.63) is 60.4 Å². The number of nitrogens with zero attached hydrogens (tertiary/aromatic N) is 1. The Labute approximate surface area is 151 Å². The highest BCUT2D eigenvalue weighted by molar-refractivity contribution is 7.92. The molecule has 2 aromatic carbocycles. The standard InChI is InChI=1S/C16H18FN3O4S2/c17-13-6-8-15(9-7-13)26(23,24)19-20-11-10-18-12-16(20)25(21,22)14-4-2-1-3-5-14/h1-9,16,18-19H,10-12H2. The number of nitrogens with one attached hydrogen (secondary N) is 2. The minimum Gasteiger partial charge on any atom is -0.313 e. The molecule has 0 amide bonds. The van der Waals surface area contributed by atoms with Gasteiger partial charge in [-0.05, 0) is 36.4 Å². The molecule has 140 valence electrons. The summed E-state index contributed by atoms with van der Waals surface area (Å²) >= 11 is 0. The number of hydrogen-bond acceptors (Lipinski definition) is 6. The van der Waals surface area contributed by atoms with Crippen LogP contribution in [0.4, 0.5) is 4.39 Å². The van der Waals surface area contributed by atoms with Crippen LogP contribution in [0.2, 0.25) is 0 Å². The van der Waals surface area contributed by atoms with E-state index in [-0.39, 0.29) is 22.9 Å². The molecule has 0 spiro atoms. The van der Waals surface area contributed by atoms with Crippen LogP contribution in [-0.2, 0) is 19.9 Å². The van der Waals surface area contributed by atoms with Crippen molar-refractivity contribution in [1.82, 2.24) is 15.2 Å². The van der Waals surface area contributed by atoms with Gasteiger partial charge in [-0.2, -0.15) is 0 Å². The van der Waals surface area contributed by atoms with Crippen LogP contribution < -0.4 is 10.1 Å². The normalized spacial score (nSPS) is 19.3. The zero-order valence-corrected chi connectivity index (χ0v) is 15.3. The number of sulfone groups is 1. The molecule has 1 heterocycles. The summed E-state index contributed by atoms with van der Waals surface area (Å²) in [5.74, 6) is -0.560. The van der Waals surface area contributed by atoms with Gasteiger partial charge in [-0.25, -0.2) is 26.2 Å². The second kappa shape index (κ2) is 7.41. The first-order valence-electron chi connectivity index (χ1n) is 7.85. The Hall–Kier alpha value is -1.85. The van der Waals surface area contributed by atoms with Crippen LogP contribution in [0.3, 0.4) is 0 Å². The maximum atomic E-state index is 13.0. The Balaban J connectivity index is 1.89. The predicted molar refractivity (Wildman–Crippen MR) is 93.7 cm³/mol. The molecule has 1 aliphatic heterocycles. The molecule has 0 aromatic heterocycles. The molecule has 1 fully saturated rings. The second-order valence-electron chi connectivity index (χ2n) is 5.76. The summed E-state index contributed by atoms with van der Waals surface area (Å²) in [7, 11) is -7.83. The number of sulfonamides is 1. The summed E-state index contributed by atoms with van der Waals surface area (Å²) in [5.41, 5.74) is 0. The molecule has 0 radical (unpaired) electrons. The average Bonchev–Trinajstić information content (AvgIpc) is 2.63. The van der Waals surface area contributed by atoms with E-state index in [9.17, 15) is 21.2 Å². The van der Waals surface area contributed by atoms with Crippen molar-refractivity contribution in [2.24, 2.45) is 0 Å². The lowest BCUT2D eigenvalue weighted by Gasteiger charge is -2.35. The number of rotatable bonds is 5. The highest BCUT2D eigenvalue weighted by atomic mass is 32.2. The second-order valence-corrected chi connectivity index (χ2v) is 9.53. The SMILES string of the molecule is O=S(=O)(NN1CCNCC1S(=O)(=O)c1ccccc1)c1ccc(F)cc1. The molecule has 2 N–H and O–H groups in total. The zero-order chi connectivity index (χ0) is 18.8. The van der Waals surface area contributed by atoms with Gasteiger partial charge in [0, 0.05) is 19.6 Å². The highest BCUT2D eigenvalue weighted by Crippen LogP contribution is 2.20. The summed E-state index contributed by atoms with van der Waals surface area (Å²) in [5, 5.41) is 3.06. The van der Waals surface area contributed by atoms with Gasteiger partial charge in [-0.3, -0.25) is 0 Å². The molecule has 0 saturated carbocycles. The van der Waals surface area contributed by atoms with Crippen molar-refractivity contribution in [3.63, 3.8) is 0 Å². The van der Waals surface area contributed by atoms with Gasteiger partial charge in [-0.15, -0.1) is 4.83 Å². The molecule has 0 bridgehead atoms. The third-order valence-corrected chi connectivity index (χ3v) is 7.42. The largest absolute Gasteiger partial charge is 0.313 e. The number of hydrogen-bond donors (Lipinski definition) is 2. The van der Waals surface area contributed by atoms with Crippen molar-refractivity contribution in [1.29, 1.82) is 0 Å². The number of benzene rings is 2. The molecule has 10 heteroatoms. The fraction of sp³-hybridized carbons (Fsp3) is 0.250. The summed E-state index contributed by atoms with van der Waals surface area (Å²) < 4.78 is 63.9. The van der Waals surface area contributed by atoms with Gasteiger partial charge in [0.2, 0.25) is 0 Å². The average molecular weight is 399 g/mol. The van der Waals surface area contributed by atoms with E-state index in [0.29, 0.717) is 6.54 Å². The molecule has 1 aliphatic rings. The van der Waals surface area contributed by atoms with E-state index in [1.54, 1.807) is 18.2 Å². The third kappa shape index (κ3) is 3.94. The van der Waals surface area contributed by atoms with Gasteiger partial charge < -0.3 is 5.32 Å². The van der Waals surface area contributed by atoms with E-state index in [1.807, 2.05) is 0 Å². The maximum absolute atomic E-state index is 13.0. The van der Waals surface area contributed by atoms with Crippen molar-refractivity contribution >= 4 is 19.9 Å². The Bertz CT molecular complexity index is 964. The quantitative estimate of drug-likeness (QED) is 0.770. The van der Waals surface area contributed by atoms with Crippen molar-refractivity contribution in [2.45, 2.75) is 15.2 Å². The van der Waals surface area contributed by atoms with Crippen LogP contribution >= 0.6 is 0 Å². The van der Waals surface area contributed by atoms with Crippen molar-refractivity contribution < 1.29 is 21.2 Å². The fourth-order valence-corrected chi connectivity index (χ4v) is 5.52. The van der Waals surface area contributed by atoms with Crippen LogP contribution in [0, 0.1) is 5.82 Å². The molecular formula is C16H18FN3O4S2. The lowest BCUT2D eigenvalue weighted by Crippen LogP contribution is -2.60. The van der Waals surface area contributed by atoms with Crippen LogP contribution in [0.5, 0.6) is 0 Å². The van der Waals surface area contributed by atoms with Gasteiger partial charge in [0.15, 0.2) is 9.84 Å². The molecule has 3 rings (SSSR count). The van der Waals surface area contributed by atoms with E-state index in [0.717, 1.165) is 24.3 Å². The Morgan fingerprint density at radius 3 is 2.27 bits per heavy atom. The van der Waals surface area contributed by atoms with Crippen molar-refractivity contribution in [3.8, 4) is 0 Å². The Kier molecular flexibility index (Phi) is 5.39. The monoisotopic (exact) mass is 399 g/mol. The van der Waals surface area contributed by atoms with E-state index in [1.165, 1.54) is 17.1 Å². The predicted octanol–water partition coefficient (Wildman–Crippen LogP) is 0.724. The van der Waals surface area contributed by atoms with E-state index in [4.69, 9.17) is 0 Å². The minimum absolute atomic E-state index is 0.0726. The molecule has 0 aliphatic carbocycles. The summed E-state index contributed by atoms with van der Waals surface area (Å²) in [6.45, 7) is 0.660. The van der Waals surface area contributed by atoms with Crippen LogP contribution in [0.1, 0.15) is 0 Å². The zero-order valence-electron chi connectivity index (χ0n) is 13.7. The third-order valence-electron chi connectivity index (χ3n) is 3.99. The molecule has 1 unspecified atom stereocenters. The van der Waals surface area contributed by atoms with E-state index < -0.39 is 31.1 Å². The van der Waals surface area contributed by atoms with Gasteiger partial charge in [0.05, 0.1) is 9.79 Å². The summed E-state index contributed by atoms with van der Waals surface area (Å²) in [6.07, 6.45) is 0.